The molecule has 0 fully saturated rings. The van der Waals surface area contributed by atoms with Crippen molar-refractivity contribution in [1.82, 2.24) is 4.90 Å². The van der Waals surface area contributed by atoms with E-state index in [4.69, 9.17) is 10.00 Å². The Morgan fingerprint density at radius 3 is 2.48 bits per heavy atom. The molecule has 23 heavy (non-hydrogen) atoms. The smallest absolute Gasteiger partial charge is 0.223 e. The standard InChI is InChI=1S/C16H22N2O4S/c1-3-11-18(12-10-17)16(19)5-4-13-22-14-6-8-15(9-7-14)23(2,20)21/h6-9H,3-5,11-13H2,1-2H3. The van der Waals surface area contributed by atoms with Gasteiger partial charge in [0.1, 0.15) is 12.3 Å². The minimum Gasteiger partial charge on any atom is -0.494 e. The lowest BCUT2D eigenvalue weighted by Crippen LogP contribution is -2.32. The van der Waals surface area contributed by atoms with Crippen molar-refractivity contribution in [2.75, 3.05) is 26.0 Å². The number of ether oxygens (including phenoxy) is 1. The average Bonchev–Trinajstić information content (AvgIpc) is 2.50. The second-order valence-electron chi connectivity index (χ2n) is 5.17. The molecular weight excluding hydrogens is 316 g/mol. The van der Waals surface area contributed by atoms with Crippen molar-refractivity contribution in [2.45, 2.75) is 31.1 Å². The summed E-state index contributed by atoms with van der Waals surface area (Å²) in [5.41, 5.74) is 0. The van der Waals surface area contributed by atoms with Crippen molar-refractivity contribution < 1.29 is 17.9 Å². The molecule has 0 atom stereocenters. The first kappa shape index (κ1) is 19.0. The lowest BCUT2D eigenvalue weighted by atomic mass is 10.2. The summed E-state index contributed by atoms with van der Waals surface area (Å²) in [5.74, 6) is 0.511. The zero-order chi connectivity index (χ0) is 17.3. The van der Waals surface area contributed by atoms with E-state index in [1.165, 1.54) is 12.1 Å². The van der Waals surface area contributed by atoms with Crippen LogP contribution in [-0.4, -0.2) is 45.2 Å². The van der Waals surface area contributed by atoms with Gasteiger partial charge in [-0.15, -0.1) is 0 Å². The molecule has 0 spiro atoms. The Bertz CT molecular complexity index is 648. The molecule has 0 radical (unpaired) electrons. The highest BCUT2D eigenvalue weighted by Gasteiger charge is 2.11. The predicted molar refractivity (Wildman–Crippen MR) is 86.8 cm³/mol. The summed E-state index contributed by atoms with van der Waals surface area (Å²) in [6, 6.07) is 8.16. The van der Waals surface area contributed by atoms with Gasteiger partial charge in [0, 0.05) is 19.2 Å². The van der Waals surface area contributed by atoms with Crippen LogP contribution in [0.25, 0.3) is 0 Å². The van der Waals surface area contributed by atoms with Gasteiger partial charge >= 0.3 is 0 Å². The van der Waals surface area contributed by atoms with Crippen LogP contribution in [0, 0.1) is 11.3 Å². The quantitative estimate of drug-likeness (QED) is 0.508. The minimum atomic E-state index is -3.21. The maximum absolute atomic E-state index is 11.9. The number of amides is 1. The molecule has 0 heterocycles. The Morgan fingerprint density at radius 2 is 1.96 bits per heavy atom. The fourth-order valence-electron chi connectivity index (χ4n) is 2.00. The van der Waals surface area contributed by atoms with E-state index < -0.39 is 9.84 Å². The highest BCUT2D eigenvalue weighted by molar-refractivity contribution is 7.90. The van der Waals surface area contributed by atoms with Crippen molar-refractivity contribution in [1.29, 1.82) is 5.26 Å². The third-order valence-corrected chi connectivity index (χ3v) is 4.29. The summed E-state index contributed by atoms with van der Waals surface area (Å²) in [7, 11) is -3.21. The van der Waals surface area contributed by atoms with Gasteiger partial charge in [0.05, 0.1) is 17.6 Å². The number of hydrogen-bond acceptors (Lipinski definition) is 5. The molecule has 7 heteroatoms. The summed E-state index contributed by atoms with van der Waals surface area (Å²) < 4.78 is 28.2. The molecule has 0 unspecified atom stereocenters. The Hall–Kier alpha value is -2.07. The molecule has 6 nitrogen and oxygen atoms in total. The molecule has 0 aromatic heterocycles. The summed E-state index contributed by atoms with van der Waals surface area (Å²) in [6.45, 7) is 3.01. The molecule has 1 aromatic carbocycles. The normalized spacial score (nSPS) is 10.8. The SMILES string of the molecule is CCCN(CC#N)C(=O)CCCOc1ccc(S(C)(=O)=O)cc1. The van der Waals surface area contributed by atoms with Gasteiger partial charge in [-0.1, -0.05) is 6.92 Å². The van der Waals surface area contributed by atoms with Crippen LogP contribution in [0.2, 0.25) is 0 Å². The first-order valence-corrected chi connectivity index (χ1v) is 9.35. The molecule has 0 bridgehead atoms. The van der Waals surface area contributed by atoms with Crippen LogP contribution in [0.4, 0.5) is 0 Å². The van der Waals surface area contributed by atoms with E-state index in [0.717, 1.165) is 12.7 Å². The van der Waals surface area contributed by atoms with Gasteiger partial charge in [0.2, 0.25) is 5.91 Å². The van der Waals surface area contributed by atoms with Crippen LogP contribution in [0.5, 0.6) is 5.75 Å². The topological polar surface area (TPSA) is 87.5 Å². The molecular formula is C16H22N2O4S. The second kappa shape index (κ2) is 9.16. The van der Waals surface area contributed by atoms with Gasteiger partial charge in [-0.2, -0.15) is 5.26 Å². The van der Waals surface area contributed by atoms with E-state index in [-0.39, 0.29) is 17.3 Å². The number of sulfone groups is 1. The van der Waals surface area contributed by atoms with Crippen LogP contribution >= 0.6 is 0 Å². The van der Waals surface area contributed by atoms with Crippen LogP contribution in [-0.2, 0) is 14.6 Å². The van der Waals surface area contributed by atoms with Crippen molar-refractivity contribution in [3.63, 3.8) is 0 Å². The van der Waals surface area contributed by atoms with Crippen LogP contribution in [0.1, 0.15) is 26.2 Å². The molecule has 1 rings (SSSR count). The van der Waals surface area contributed by atoms with Gasteiger partial charge in [-0.3, -0.25) is 4.79 Å². The molecule has 0 saturated heterocycles. The lowest BCUT2D eigenvalue weighted by Gasteiger charge is -2.18. The zero-order valence-electron chi connectivity index (χ0n) is 13.5. The summed E-state index contributed by atoms with van der Waals surface area (Å²) >= 11 is 0. The lowest BCUT2D eigenvalue weighted by molar-refractivity contribution is -0.130. The fourth-order valence-corrected chi connectivity index (χ4v) is 2.63. The van der Waals surface area contributed by atoms with Gasteiger partial charge in [0.25, 0.3) is 0 Å². The van der Waals surface area contributed by atoms with E-state index in [2.05, 4.69) is 0 Å². The number of carbonyl (C=O) groups excluding carboxylic acids is 1. The average molecular weight is 338 g/mol. The number of nitriles is 1. The molecule has 1 aromatic rings. The molecule has 1 amide bonds. The van der Waals surface area contributed by atoms with E-state index in [9.17, 15) is 13.2 Å². The molecule has 0 aliphatic heterocycles. The van der Waals surface area contributed by atoms with Gasteiger partial charge in [-0.05, 0) is 37.1 Å². The highest BCUT2D eigenvalue weighted by Crippen LogP contribution is 2.16. The predicted octanol–water partition coefficient (Wildman–Crippen LogP) is 2.01. The van der Waals surface area contributed by atoms with Gasteiger partial charge in [0.15, 0.2) is 9.84 Å². The third kappa shape index (κ3) is 6.70. The Labute approximate surface area is 137 Å². The third-order valence-electron chi connectivity index (χ3n) is 3.16. The number of carbonyl (C=O) groups is 1. The highest BCUT2D eigenvalue weighted by atomic mass is 32.2. The molecule has 0 aliphatic carbocycles. The number of rotatable bonds is 9. The van der Waals surface area contributed by atoms with Crippen molar-refractivity contribution in [3.05, 3.63) is 24.3 Å². The van der Waals surface area contributed by atoms with Gasteiger partial charge < -0.3 is 9.64 Å². The molecule has 0 saturated carbocycles. The van der Waals surface area contributed by atoms with Crippen LogP contribution < -0.4 is 4.74 Å². The largest absolute Gasteiger partial charge is 0.494 e. The molecule has 126 valence electrons. The monoisotopic (exact) mass is 338 g/mol. The first-order valence-electron chi connectivity index (χ1n) is 7.46. The zero-order valence-corrected chi connectivity index (χ0v) is 14.3. The Balaban J connectivity index is 2.40. The van der Waals surface area contributed by atoms with E-state index in [1.54, 1.807) is 17.0 Å². The van der Waals surface area contributed by atoms with Gasteiger partial charge in [-0.25, -0.2) is 8.42 Å². The van der Waals surface area contributed by atoms with E-state index >= 15 is 0 Å². The van der Waals surface area contributed by atoms with Crippen LogP contribution in [0.3, 0.4) is 0 Å². The fraction of sp³-hybridized carbons (Fsp3) is 0.500. The first-order chi connectivity index (χ1) is 10.9. The summed E-state index contributed by atoms with van der Waals surface area (Å²) in [4.78, 5) is 13.7. The van der Waals surface area contributed by atoms with E-state index in [0.29, 0.717) is 31.7 Å². The Morgan fingerprint density at radius 1 is 1.30 bits per heavy atom. The summed E-state index contributed by atoms with van der Waals surface area (Å²) in [6.07, 6.45) is 2.83. The number of benzene rings is 1. The number of nitrogens with zero attached hydrogens (tertiary/aromatic N) is 2. The van der Waals surface area contributed by atoms with Crippen molar-refractivity contribution in [3.8, 4) is 11.8 Å². The van der Waals surface area contributed by atoms with Crippen molar-refractivity contribution in [2.24, 2.45) is 0 Å². The Kier molecular flexibility index (Phi) is 7.55. The number of hydrogen-bond donors (Lipinski definition) is 0. The second-order valence-corrected chi connectivity index (χ2v) is 7.18. The summed E-state index contributed by atoms with van der Waals surface area (Å²) in [5, 5.41) is 8.70. The van der Waals surface area contributed by atoms with Crippen LogP contribution in [0.15, 0.2) is 29.2 Å². The maximum atomic E-state index is 11.9. The minimum absolute atomic E-state index is 0.0515. The maximum Gasteiger partial charge on any atom is 0.223 e. The van der Waals surface area contributed by atoms with Crippen molar-refractivity contribution >= 4 is 15.7 Å². The molecule has 0 N–H and O–H groups in total. The molecule has 0 aliphatic rings. The van der Waals surface area contributed by atoms with E-state index in [1.807, 2.05) is 13.0 Å².